The predicted octanol–water partition coefficient (Wildman–Crippen LogP) is 3.10. The van der Waals surface area contributed by atoms with E-state index in [4.69, 9.17) is 4.74 Å². The highest BCUT2D eigenvalue weighted by atomic mass is 32.1. The maximum absolute atomic E-state index is 12.9. The molecule has 1 aromatic carbocycles. The number of halogens is 1. The molecule has 0 bridgehead atoms. The molecule has 2 rings (SSSR count). The Labute approximate surface area is 132 Å². The average molecular weight is 323 g/mol. The summed E-state index contributed by atoms with van der Waals surface area (Å²) < 4.78 is 17.8. The molecule has 2 aromatic rings. The van der Waals surface area contributed by atoms with Crippen molar-refractivity contribution in [3.05, 3.63) is 40.7 Å². The number of hydrogen-bond donors (Lipinski definition) is 2. The third-order valence-electron chi connectivity index (χ3n) is 2.91. The van der Waals surface area contributed by atoms with Crippen LogP contribution in [0.25, 0.3) is 0 Å². The van der Waals surface area contributed by atoms with Gasteiger partial charge in [-0.2, -0.15) is 0 Å². The van der Waals surface area contributed by atoms with Crippen LogP contribution in [0.2, 0.25) is 0 Å². The lowest BCUT2D eigenvalue weighted by Gasteiger charge is -2.03. The molecule has 0 aliphatic heterocycles. The van der Waals surface area contributed by atoms with Gasteiger partial charge in [-0.1, -0.05) is 11.3 Å². The third-order valence-corrected chi connectivity index (χ3v) is 3.98. The zero-order valence-corrected chi connectivity index (χ0v) is 13.3. The number of amides is 1. The van der Waals surface area contributed by atoms with Crippen LogP contribution < -0.4 is 10.6 Å². The van der Waals surface area contributed by atoms with Crippen LogP contribution in [-0.4, -0.2) is 31.2 Å². The van der Waals surface area contributed by atoms with Crippen molar-refractivity contribution >= 4 is 28.1 Å². The Morgan fingerprint density at radius 3 is 2.77 bits per heavy atom. The number of aryl methyl sites for hydroxylation is 1. The van der Waals surface area contributed by atoms with Crippen LogP contribution in [0.4, 0.5) is 15.2 Å². The van der Waals surface area contributed by atoms with Crippen LogP contribution in [-0.2, 0) is 4.74 Å². The minimum atomic E-state index is -0.294. The van der Waals surface area contributed by atoms with E-state index in [0.29, 0.717) is 28.9 Å². The van der Waals surface area contributed by atoms with Crippen LogP contribution in [0.15, 0.2) is 24.3 Å². The van der Waals surface area contributed by atoms with Crippen LogP contribution in [0, 0.1) is 12.7 Å². The van der Waals surface area contributed by atoms with Crippen molar-refractivity contribution in [3.8, 4) is 0 Å². The monoisotopic (exact) mass is 323 g/mol. The van der Waals surface area contributed by atoms with Crippen LogP contribution in [0.5, 0.6) is 0 Å². The number of carbonyl (C=O) groups excluding carboxylic acids is 1. The van der Waals surface area contributed by atoms with Gasteiger partial charge in [-0.3, -0.25) is 4.79 Å². The molecule has 7 heteroatoms. The van der Waals surface area contributed by atoms with Crippen LogP contribution in [0.3, 0.4) is 0 Å². The number of nitrogens with zero attached hydrogens (tertiary/aromatic N) is 1. The Morgan fingerprint density at radius 1 is 1.36 bits per heavy atom. The lowest BCUT2D eigenvalue weighted by atomic mass is 10.3. The largest absolute Gasteiger partial charge is 0.385 e. The van der Waals surface area contributed by atoms with Gasteiger partial charge in [-0.25, -0.2) is 9.37 Å². The van der Waals surface area contributed by atoms with Gasteiger partial charge in [-0.15, -0.1) is 0 Å². The summed E-state index contributed by atoms with van der Waals surface area (Å²) in [5.41, 5.74) is 1.39. The van der Waals surface area contributed by atoms with Gasteiger partial charge in [0.1, 0.15) is 10.7 Å². The number of rotatable bonds is 7. The van der Waals surface area contributed by atoms with Crippen LogP contribution in [0.1, 0.15) is 21.8 Å². The lowest BCUT2D eigenvalue weighted by molar-refractivity contribution is 0.0952. The van der Waals surface area contributed by atoms with Crippen molar-refractivity contribution in [2.45, 2.75) is 13.3 Å². The molecule has 1 amide bonds. The Kier molecular flexibility index (Phi) is 5.85. The van der Waals surface area contributed by atoms with E-state index in [1.807, 2.05) is 0 Å². The molecule has 2 N–H and O–H groups in total. The van der Waals surface area contributed by atoms with E-state index in [9.17, 15) is 9.18 Å². The lowest BCUT2D eigenvalue weighted by Crippen LogP contribution is -2.24. The second-order valence-electron chi connectivity index (χ2n) is 4.67. The van der Waals surface area contributed by atoms with Crippen molar-refractivity contribution < 1.29 is 13.9 Å². The summed E-state index contributed by atoms with van der Waals surface area (Å²) in [6.45, 7) is 2.96. The second-order valence-corrected chi connectivity index (χ2v) is 5.67. The molecule has 0 fully saturated rings. The number of ether oxygens (including phenoxy) is 1. The number of methoxy groups -OCH3 is 1. The van der Waals surface area contributed by atoms with Gasteiger partial charge in [0, 0.05) is 25.9 Å². The fourth-order valence-corrected chi connectivity index (χ4v) is 2.72. The van der Waals surface area contributed by atoms with Gasteiger partial charge in [-0.05, 0) is 37.6 Å². The topological polar surface area (TPSA) is 63.2 Å². The van der Waals surface area contributed by atoms with Crippen LogP contribution >= 0.6 is 11.3 Å². The molecular formula is C15H18FN3O2S. The number of nitrogens with one attached hydrogen (secondary N) is 2. The fraction of sp³-hybridized carbons (Fsp3) is 0.333. The third kappa shape index (κ3) is 4.51. The van der Waals surface area contributed by atoms with Gasteiger partial charge in [0.15, 0.2) is 5.13 Å². The molecule has 0 spiro atoms. The number of benzene rings is 1. The molecule has 0 radical (unpaired) electrons. The van der Waals surface area contributed by atoms with Gasteiger partial charge < -0.3 is 15.4 Å². The first kappa shape index (κ1) is 16.4. The van der Waals surface area contributed by atoms with E-state index < -0.39 is 0 Å². The highest BCUT2D eigenvalue weighted by molar-refractivity contribution is 7.17. The summed E-state index contributed by atoms with van der Waals surface area (Å²) >= 11 is 1.27. The normalized spacial score (nSPS) is 10.5. The van der Waals surface area contributed by atoms with Gasteiger partial charge in [0.25, 0.3) is 5.91 Å². The molecule has 0 aliphatic rings. The minimum Gasteiger partial charge on any atom is -0.385 e. The smallest absolute Gasteiger partial charge is 0.263 e. The first-order valence-electron chi connectivity index (χ1n) is 6.87. The molecule has 1 aromatic heterocycles. The molecule has 1 heterocycles. The van der Waals surface area contributed by atoms with Crippen molar-refractivity contribution in [1.82, 2.24) is 10.3 Å². The molecule has 0 unspecified atom stereocenters. The molecule has 0 saturated heterocycles. The first-order valence-corrected chi connectivity index (χ1v) is 7.69. The quantitative estimate of drug-likeness (QED) is 0.769. The summed E-state index contributed by atoms with van der Waals surface area (Å²) in [4.78, 5) is 17.0. The maximum Gasteiger partial charge on any atom is 0.263 e. The van der Waals surface area contributed by atoms with E-state index in [-0.39, 0.29) is 11.7 Å². The summed E-state index contributed by atoms with van der Waals surface area (Å²) in [5, 5.41) is 6.50. The maximum atomic E-state index is 12.9. The number of aromatic nitrogens is 1. The molecule has 0 aliphatic carbocycles. The Bertz CT molecular complexity index is 628. The summed E-state index contributed by atoms with van der Waals surface area (Å²) in [6, 6.07) is 5.98. The Morgan fingerprint density at radius 2 is 2.09 bits per heavy atom. The molecule has 22 heavy (non-hydrogen) atoms. The van der Waals surface area contributed by atoms with E-state index in [2.05, 4.69) is 15.6 Å². The van der Waals surface area contributed by atoms with Gasteiger partial charge in [0.2, 0.25) is 0 Å². The summed E-state index contributed by atoms with van der Waals surface area (Å²) in [7, 11) is 1.63. The predicted molar refractivity (Wildman–Crippen MR) is 85.4 cm³/mol. The van der Waals surface area contributed by atoms with Crippen molar-refractivity contribution in [2.24, 2.45) is 0 Å². The number of carbonyl (C=O) groups is 1. The zero-order valence-electron chi connectivity index (χ0n) is 12.5. The van der Waals surface area contributed by atoms with E-state index >= 15 is 0 Å². The minimum absolute atomic E-state index is 0.141. The molecule has 5 nitrogen and oxygen atoms in total. The van der Waals surface area contributed by atoms with E-state index in [1.165, 1.54) is 23.5 Å². The Hall–Kier alpha value is -1.99. The van der Waals surface area contributed by atoms with Crippen molar-refractivity contribution in [3.63, 3.8) is 0 Å². The standard InChI is InChI=1S/C15H18FN3O2S/c1-10-13(14(20)17-8-3-9-21-2)22-15(18-10)19-12-6-4-11(16)5-7-12/h4-7H,3,8-9H2,1-2H3,(H,17,20)(H,18,19). The first-order chi connectivity index (χ1) is 10.6. The van der Waals surface area contributed by atoms with Gasteiger partial charge >= 0.3 is 0 Å². The number of hydrogen-bond acceptors (Lipinski definition) is 5. The molecular weight excluding hydrogens is 305 g/mol. The Balaban J connectivity index is 1.98. The molecule has 0 atom stereocenters. The SMILES string of the molecule is COCCCNC(=O)c1sc(Nc2ccc(F)cc2)nc1C. The second kappa shape index (κ2) is 7.86. The highest BCUT2D eigenvalue weighted by Gasteiger charge is 2.15. The van der Waals surface area contributed by atoms with Crippen molar-refractivity contribution in [2.75, 3.05) is 25.6 Å². The molecule has 0 saturated carbocycles. The zero-order chi connectivity index (χ0) is 15.9. The average Bonchev–Trinajstić information content (AvgIpc) is 2.86. The van der Waals surface area contributed by atoms with Gasteiger partial charge in [0.05, 0.1) is 5.69 Å². The number of thiazole rings is 1. The summed E-state index contributed by atoms with van der Waals surface area (Å²) in [6.07, 6.45) is 0.765. The fourth-order valence-electron chi connectivity index (χ4n) is 1.82. The summed E-state index contributed by atoms with van der Waals surface area (Å²) in [5.74, 6) is -0.435. The number of anilines is 2. The molecule has 118 valence electrons. The van der Waals surface area contributed by atoms with E-state index in [0.717, 1.165) is 12.1 Å². The highest BCUT2D eigenvalue weighted by Crippen LogP contribution is 2.25. The van der Waals surface area contributed by atoms with Crippen molar-refractivity contribution in [1.29, 1.82) is 0 Å². The van der Waals surface area contributed by atoms with E-state index in [1.54, 1.807) is 26.2 Å².